The van der Waals surface area contributed by atoms with E-state index in [2.05, 4.69) is 5.32 Å². The summed E-state index contributed by atoms with van der Waals surface area (Å²) in [5.74, 6) is 1.81. The lowest BCUT2D eigenvalue weighted by Gasteiger charge is -2.42. The summed E-state index contributed by atoms with van der Waals surface area (Å²) in [7, 11) is 1.99. The summed E-state index contributed by atoms with van der Waals surface area (Å²) in [5.41, 5.74) is 0.0495. The predicted molar refractivity (Wildman–Crippen MR) is 73.4 cm³/mol. The van der Waals surface area contributed by atoms with Crippen molar-refractivity contribution in [3.63, 3.8) is 0 Å². The molecule has 2 rings (SSSR count). The molecule has 1 fully saturated rings. The fourth-order valence-corrected chi connectivity index (χ4v) is 2.37. The van der Waals surface area contributed by atoms with Crippen molar-refractivity contribution in [1.82, 2.24) is 5.32 Å². The Bertz CT molecular complexity index is 375. The van der Waals surface area contributed by atoms with Crippen LogP contribution in [0.1, 0.15) is 32.6 Å². The molecule has 0 unspecified atom stereocenters. The molecule has 0 atom stereocenters. The summed E-state index contributed by atoms with van der Waals surface area (Å²) in [4.78, 5) is 0. The maximum absolute atomic E-state index is 6.21. The Kier molecular flexibility index (Phi) is 4.48. The Morgan fingerprint density at radius 1 is 1.28 bits per heavy atom. The minimum Gasteiger partial charge on any atom is -0.494 e. The molecule has 0 bridgehead atoms. The molecule has 0 radical (unpaired) electrons. The van der Waals surface area contributed by atoms with E-state index in [1.807, 2.05) is 38.2 Å². The first-order valence-corrected chi connectivity index (χ1v) is 6.84. The van der Waals surface area contributed by atoms with Crippen molar-refractivity contribution in [1.29, 1.82) is 0 Å². The molecule has 3 heteroatoms. The zero-order chi connectivity index (χ0) is 12.8. The highest BCUT2D eigenvalue weighted by molar-refractivity contribution is 5.33. The Balaban J connectivity index is 2.00. The minimum absolute atomic E-state index is 0.0495. The van der Waals surface area contributed by atoms with Gasteiger partial charge in [0.1, 0.15) is 17.1 Å². The van der Waals surface area contributed by atoms with Crippen LogP contribution in [0.3, 0.4) is 0 Å². The van der Waals surface area contributed by atoms with Gasteiger partial charge in [-0.05, 0) is 58.3 Å². The van der Waals surface area contributed by atoms with Crippen LogP contribution in [0.2, 0.25) is 0 Å². The van der Waals surface area contributed by atoms with Crippen LogP contribution < -0.4 is 14.8 Å². The molecule has 0 spiro atoms. The van der Waals surface area contributed by atoms with Crippen LogP contribution in [0.15, 0.2) is 24.3 Å². The molecule has 1 aromatic rings. The summed E-state index contributed by atoms with van der Waals surface area (Å²) in [6, 6.07) is 7.97. The van der Waals surface area contributed by atoms with Gasteiger partial charge in [-0.1, -0.05) is 6.07 Å². The van der Waals surface area contributed by atoms with Gasteiger partial charge >= 0.3 is 0 Å². The lowest BCUT2D eigenvalue weighted by molar-refractivity contribution is -0.0140. The summed E-state index contributed by atoms with van der Waals surface area (Å²) >= 11 is 0. The summed E-state index contributed by atoms with van der Waals surface area (Å²) in [6.45, 7) is 3.69. The first-order valence-electron chi connectivity index (χ1n) is 6.84. The van der Waals surface area contributed by atoms with Crippen molar-refractivity contribution in [2.24, 2.45) is 0 Å². The van der Waals surface area contributed by atoms with Crippen molar-refractivity contribution in [3.05, 3.63) is 24.3 Å². The Labute approximate surface area is 109 Å². The predicted octanol–water partition coefficient (Wildman–Crippen LogP) is 3.00. The summed E-state index contributed by atoms with van der Waals surface area (Å²) in [5, 5.41) is 3.20. The Hall–Kier alpha value is -1.22. The SMILES string of the molecule is CCOc1cccc(OC2(CCNC)CCC2)c1. The second-order valence-corrected chi connectivity index (χ2v) is 4.90. The molecule has 1 aliphatic rings. The highest BCUT2D eigenvalue weighted by atomic mass is 16.5. The number of hydrogen-bond acceptors (Lipinski definition) is 3. The van der Waals surface area contributed by atoms with Crippen molar-refractivity contribution >= 4 is 0 Å². The van der Waals surface area contributed by atoms with E-state index in [1.54, 1.807) is 0 Å². The maximum atomic E-state index is 6.21. The summed E-state index contributed by atoms with van der Waals surface area (Å²) in [6.07, 6.45) is 4.66. The highest BCUT2D eigenvalue weighted by Crippen LogP contribution is 2.39. The van der Waals surface area contributed by atoms with Crippen LogP contribution in [0.5, 0.6) is 11.5 Å². The lowest BCUT2D eigenvalue weighted by atomic mass is 9.77. The van der Waals surface area contributed by atoms with Gasteiger partial charge in [0.05, 0.1) is 6.61 Å². The second-order valence-electron chi connectivity index (χ2n) is 4.90. The lowest BCUT2D eigenvalue weighted by Crippen LogP contribution is -2.45. The quantitative estimate of drug-likeness (QED) is 0.806. The minimum atomic E-state index is 0.0495. The fraction of sp³-hybridized carbons (Fsp3) is 0.600. The molecule has 0 saturated heterocycles. The van der Waals surface area contributed by atoms with Crippen molar-refractivity contribution in [3.8, 4) is 11.5 Å². The molecule has 1 aromatic carbocycles. The molecule has 0 amide bonds. The molecule has 100 valence electrons. The topological polar surface area (TPSA) is 30.5 Å². The largest absolute Gasteiger partial charge is 0.494 e. The number of rotatable bonds is 7. The van der Waals surface area contributed by atoms with E-state index >= 15 is 0 Å². The van der Waals surface area contributed by atoms with Crippen LogP contribution in [0.25, 0.3) is 0 Å². The second kappa shape index (κ2) is 6.10. The first-order chi connectivity index (χ1) is 8.78. The van der Waals surface area contributed by atoms with Crippen molar-refractivity contribution in [2.75, 3.05) is 20.2 Å². The van der Waals surface area contributed by atoms with E-state index in [1.165, 1.54) is 6.42 Å². The van der Waals surface area contributed by atoms with E-state index in [-0.39, 0.29) is 5.60 Å². The molecule has 1 aliphatic carbocycles. The average Bonchev–Trinajstić information content (AvgIpc) is 2.33. The van der Waals surface area contributed by atoms with E-state index in [9.17, 15) is 0 Å². The third-order valence-electron chi connectivity index (χ3n) is 3.55. The maximum Gasteiger partial charge on any atom is 0.123 e. The molecule has 1 N–H and O–H groups in total. The van der Waals surface area contributed by atoms with E-state index in [0.717, 1.165) is 37.3 Å². The van der Waals surface area contributed by atoms with E-state index < -0.39 is 0 Å². The average molecular weight is 249 g/mol. The van der Waals surface area contributed by atoms with Crippen LogP contribution >= 0.6 is 0 Å². The van der Waals surface area contributed by atoms with E-state index in [0.29, 0.717) is 6.61 Å². The standard InChI is InChI=1S/C15H23NO2/c1-3-17-13-6-4-7-14(12-13)18-15(8-5-9-15)10-11-16-2/h4,6-7,12,16H,3,5,8-11H2,1-2H3. The highest BCUT2D eigenvalue weighted by Gasteiger charge is 2.38. The molecule has 1 saturated carbocycles. The molecular weight excluding hydrogens is 226 g/mol. The third kappa shape index (κ3) is 3.16. The van der Waals surface area contributed by atoms with Gasteiger partial charge in [0, 0.05) is 6.07 Å². The normalized spacial score (nSPS) is 17.0. The van der Waals surface area contributed by atoms with Crippen molar-refractivity contribution < 1.29 is 9.47 Å². The molecule has 3 nitrogen and oxygen atoms in total. The smallest absolute Gasteiger partial charge is 0.123 e. The Morgan fingerprint density at radius 2 is 2.06 bits per heavy atom. The van der Waals surface area contributed by atoms with Crippen LogP contribution in [-0.4, -0.2) is 25.8 Å². The van der Waals surface area contributed by atoms with Gasteiger partial charge < -0.3 is 14.8 Å². The molecule has 0 heterocycles. The van der Waals surface area contributed by atoms with Gasteiger partial charge in [0.15, 0.2) is 0 Å². The van der Waals surface area contributed by atoms with E-state index in [4.69, 9.17) is 9.47 Å². The van der Waals surface area contributed by atoms with Crippen LogP contribution in [-0.2, 0) is 0 Å². The molecule has 0 aliphatic heterocycles. The zero-order valence-electron chi connectivity index (χ0n) is 11.4. The number of ether oxygens (including phenoxy) is 2. The molecule has 0 aromatic heterocycles. The summed E-state index contributed by atoms with van der Waals surface area (Å²) < 4.78 is 11.7. The molecular formula is C15H23NO2. The van der Waals surface area contributed by atoms with Gasteiger partial charge in [-0.15, -0.1) is 0 Å². The fourth-order valence-electron chi connectivity index (χ4n) is 2.37. The number of nitrogens with one attached hydrogen (secondary N) is 1. The van der Waals surface area contributed by atoms with Gasteiger partial charge in [0.2, 0.25) is 0 Å². The van der Waals surface area contributed by atoms with Gasteiger partial charge in [-0.25, -0.2) is 0 Å². The third-order valence-corrected chi connectivity index (χ3v) is 3.55. The Morgan fingerprint density at radius 3 is 2.67 bits per heavy atom. The first kappa shape index (κ1) is 13.2. The van der Waals surface area contributed by atoms with Crippen LogP contribution in [0, 0.1) is 0 Å². The van der Waals surface area contributed by atoms with Crippen molar-refractivity contribution in [2.45, 2.75) is 38.2 Å². The van der Waals surface area contributed by atoms with Crippen LogP contribution in [0.4, 0.5) is 0 Å². The monoisotopic (exact) mass is 249 g/mol. The van der Waals surface area contributed by atoms with Gasteiger partial charge in [-0.3, -0.25) is 0 Å². The van der Waals surface area contributed by atoms with Gasteiger partial charge in [0.25, 0.3) is 0 Å². The number of hydrogen-bond donors (Lipinski definition) is 1. The zero-order valence-corrected chi connectivity index (χ0v) is 11.4. The van der Waals surface area contributed by atoms with Gasteiger partial charge in [-0.2, -0.15) is 0 Å². The number of benzene rings is 1. The molecule has 18 heavy (non-hydrogen) atoms.